The number of fused-ring (bicyclic) bond motifs is 1. The molecule has 1 aromatic heterocycles. The standard InChI is InChI=1S/C11H18N4O/c1-7-5-8(2)15-11(12-7)13-10(14-15)9-3-4-16-6-9/h7-9H,3-6H2,1-2H3,(H,12,13,14). The average molecular weight is 222 g/mol. The highest BCUT2D eigenvalue weighted by atomic mass is 16.5. The van der Waals surface area contributed by atoms with Gasteiger partial charge in [0.15, 0.2) is 5.82 Å². The summed E-state index contributed by atoms with van der Waals surface area (Å²) >= 11 is 0. The summed E-state index contributed by atoms with van der Waals surface area (Å²) in [6.45, 7) is 6.00. The molecule has 2 aliphatic rings. The van der Waals surface area contributed by atoms with Gasteiger partial charge in [-0.15, -0.1) is 0 Å². The second-order valence-corrected chi connectivity index (χ2v) is 4.93. The summed E-state index contributed by atoms with van der Waals surface area (Å²) in [6, 6.07) is 0.925. The van der Waals surface area contributed by atoms with Crippen LogP contribution < -0.4 is 5.32 Å². The number of nitrogens with one attached hydrogen (secondary N) is 1. The molecule has 88 valence electrons. The van der Waals surface area contributed by atoms with Crippen molar-refractivity contribution in [1.82, 2.24) is 14.8 Å². The summed E-state index contributed by atoms with van der Waals surface area (Å²) in [5.41, 5.74) is 0. The minimum Gasteiger partial charge on any atom is -0.381 e. The lowest BCUT2D eigenvalue weighted by atomic mass is 10.1. The molecule has 0 aliphatic carbocycles. The van der Waals surface area contributed by atoms with E-state index in [2.05, 4.69) is 29.2 Å². The monoisotopic (exact) mass is 222 g/mol. The molecule has 16 heavy (non-hydrogen) atoms. The molecule has 3 heterocycles. The van der Waals surface area contributed by atoms with Crippen molar-refractivity contribution < 1.29 is 4.74 Å². The lowest BCUT2D eigenvalue weighted by molar-refractivity contribution is 0.193. The van der Waals surface area contributed by atoms with Gasteiger partial charge in [-0.2, -0.15) is 10.1 Å². The molecule has 0 spiro atoms. The Morgan fingerprint density at radius 1 is 1.44 bits per heavy atom. The van der Waals surface area contributed by atoms with E-state index in [0.29, 0.717) is 18.0 Å². The quantitative estimate of drug-likeness (QED) is 0.783. The van der Waals surface area contributed by atoms with Crippen LogP contribution in [0.1, 0.15) is 44.5 Å². The van der Waals surface area contributed by atoms with E-state index in [0.717, 1.165) is 37.8 Å². The van der Waals surface area contributed by atoms with Gasteiger partial charge in [0.2, 0.25) is 5.95 Å². The third-order valence-electron chi connectivity index (χ3n) is 3.43. The van der Waals surface area contributed by atoms with Crippen LogP contribution in [0, 0.1) is 0 Å². The second-order valence-electron chi connectivity index (χ2n) is 4.93. The summed E-state index contributed by atoms with van der Waals surface area (Å²) in [5.74, 6) is 2.26. The highest BCUT2D eigenvalue weighted by molar-refractivity contribution is 5.30. The Bertz CT molecular complexity index is 383. The minimum atomic E-state index is 0.391. The van der Waals surface area contributed by atoms with Crippen LogP contribution in [0.4, 0.5) is 5.95 Å². The van der Waals surface area contributed by atoms with Gasteiger partial charge in [0, 0.05) is 18.6 Å². The lowest BCUT2D eigenvalue weighted by Gasteiger charge is -2.26. The number of hydrogen-bond donors (Lipinski definition) is 1. The normalized spacial score (nSPS) is 33.5. The summed E-state index contributed by atoms with van der Waals surface area (Å²) < 4.78 is 7.40. The topological polar surface area (TPSA) is 52.0 Å². The Morgan fingerprint density at radius 2 is 2.31 bits per heavy atom. The third-order valence-corrected chi connectivity index (χ3v) is 3.43. The molecule has 0 saturated carbocycles. The second kappa shape index (κ2) is 3.73. The van der Waals surface area contributed by atoms with E-state index < -0.39 is 0 Å². The summed E-state index contributed by atoms with van der Waals surface area (Å²) in [4.78, 5) is 4.59. The zero-order chi connectivity index (χ0) is 11.1. The maximum atomic E-state index is 5.38. The van der Waals surface area contributed by atoms with Crippen LogP contribution in [-0.4, -0.2) is 34.0 Å². The van der Waals surface area contributed by atoms with Crippen LogP contribution in [-0.2, 0) is 4.74 Å². The van der Waals surface area contributed by atoms with Gasteiger partial charge in [-0.3, -0.25) is 0 Å². The Kier molecular flexibility index (Phi) is 2.35. The van der Waals surface area contributed by atoms with Crippen LogP contribution in [0.5, 0.6) is 0 Å². The predicted molar refractivity (Wildman–Crippen MR) is 60.6 cm³/mol. The van der Waals surface area contributed by atoms with Crippen LogP contribution in [0.25, 0.3) is 0 Å². The van der Waals surface area contributed by atoms with E-state index in [1.807, 2.05) is 4.68 Å². The van der Waals surface area contributed by atoms with E-state index in [-0.39, 0.29) is 0 Å². The molecular weight excluding hydrogens is 204 g/mol. The molecule has 2 aliphatic heterocycles. The minimum absolute atomic E-state index is 0.391. The van der Waals surface area contributed by atoms with Crippen molar-refractivity contribution >= 4 is 5.95 Å². The molecule has 0 bridgehead atoms. The number of nitrogens with zero attached hydrogens (tertiary/aromatic N) is 3. The summed E-state index contributed by atoms with van der Waals surface area (Å²) in [5, 5.41) is 7.99. The average Bonchev–Trinajstić information content (AvgIpc) is 2.82. The highest BCUT2D eigenvalue weighted by Gasteiger charge is 2.28. The molecular formula is C11H18N4O. The largest absolute Gasteiger partial charge is 0.381 e. The van der Waals surface area contributed by atoms with Crippen molar-refractivity contribution in [2.24, 2.45) is 0 Å². The number of anilines is 1. The van der Waals surface area contributed by atoms with Gasteiger partial charge >= 0.3 is 0 Å². The smallest absolute Gasteiger partial charge is 0.221 e. The molecule has 0 aromatic carbocycles. The zero-order valence-corrected chi connectivity index (χ0v) is 9.81. The van der Waals surface area contributed by atoms with Gasteiger partial charge < -0.3 is 10.1 Å². The van der Waals surface area contributed by atoms with Crippen molar-refractivity contribution in [1.29, 1.82) is 0 Å². The van der Waals surface area contributed by atoms with Crippen molar-refractivity contribution in [2.45, 2.75) is 44.7 Å². The van der Waals surface area contributed by atoms with E-state index in [9.17, 15) is 0 Å². The zero-order valence-electron chi connectivity index (χ0n) is 9.81. The fourth-order valence-corrected chi connectivity index (χ4v) is 2.55. The van der Waals surface area contributed by atoms with Crippen molar-refractivity contribution in [3.8, 4) is 0 Å². The number of rotatable bonds is 1. The van der Waals surface area contributed by atoms with Crippen LogP contribution >= 0.6 is 0 Å². The molecule has 0 radical (unpaired) electrons. The van der Waals surface area contributed by atoms with Gasteiger partial charge in [-0.1, -0.05) is 0 Å². The third kappa shape index (κ3) is 1.59. The predicted octanol–water partition coefficient (Wildman–Crippen LogP) is 1.55. The van der Waals surface area contributed by atoms with Crippen LogP contribution in [0.15, 0.2) is 0 Å². The van der Waals surface area contributed by atoms with Gasteiger partial charge in [0.05, 0.1) is 12.6 Å². The molecule has 5 heteroatoms. The highest BCUT2D eigenvalue weighted by Crippen LogP contribution is 2.29. The molecule has 3 unspecified atom stereocenters. The fraction of sp³-hybridized carbons (Fsp3) is 0.818. The number of ether oxygens (including phenoxy) is 1. The van der Waals surface area contributed by atoms with E-state index in [4.69, 9.17) is 4.74 Å². The lowest BCUT2D eigenvalue weighted by Crippen LogP contribution is -2.29. The van der Waals surface area contributed by atoms with E-state index in [1.165, 1.54) is 0 Å². The van der Waals surface area contributed by atoms with Crippen molar-refractivity contribution in [3.05, 3.63) is 5.82 Å². The SMILES string of the molecule is CC1CC(C)n2nc(C3CCOC3)nc2N1. The first-order valence-electron chi connectivity index (χ1n) is 6.05. The Balaban J connectivity index is 1.90. The molecule has 1 aromatic rings. The van der Waals surface area contributed by atoms with E-state index >= 15 is 0 Å². The van der Waals surface area contributed by atoms with E-state index in [1.54, 1.807) is 0 Å². The van der Waals surface area contributed by atoms with Gasteiger partial charge in [0.25, 0.3) is 0 Å². The Labute approximate surface area is 95.2 Å². The fourth-order valence-electron chi connectivity index (χ4n) is 2.55. The molecule has 5 nitrogen and oxygen atoms in total. The Hall–Kier alpha value is -1.10. The summed E-state index contributed by atoms with van der Waals surface area (Å²) in [7, 11) is 0. The van der Waals surface area contributed by atoms with Crippen LogP contribution in [0.3, 0.4) is 0 Å². The first-order valence-corrected chi connectivity index (χ1v) is 6.05. The van der Waals surface area contributed by atoms with Crippen LogP contribution in [0.2, 0.25) is 0 Å². The number of aromatic nitrogens is 3. The van der Waals surface area contributed by atoms with Gasteiger partial charge in [-0.05, 0) is 26.7 Å². The Morgan fingerprint density at radius 3 is 3.06 bits per heavy atom. The first kappa shape index (κ1) is 10.1. The molecule has 3 atom stereocenters. The van der Waals surface area contributed by atoms with Gasteiger partial charge in [-0.25, -0.2) is 4.68 Å². The maximum absolute atomic E-state index is 5.38. The molecule has 1 N–H and O–H groups in total. The molecule has 1 fully saturated rings. The molecule has 1 saturated heterocycles. The number of hydrogen-bond acceptors (Lipinski definition) is 4. The van der Waals surface area contributed by atoms with Crippen molar-refractivity contribution in [3.63, 3.8) is 0 Å². The molecule has 3 rings (SSSR count). The summed E-state index contributed by atoms with van der Waals surface area (Å²) in [6.07, 6.45) is 2.16. The van der Waals surface area contributed by atoms with Crippen molar-refractivity contribution in [2.75, 3.05) is 18.5 Å². The maximum Gasteiger partial charge on any atom is 0.221 e. The molecule has 0 amide bonds. The first-order chi connectivity index (χ1) is 7.74. The van der Waals surface area contributed by atoms with Gasteiger partial charge in [0.1, 0.15) is 0 Å².